The number of thiophene rings is 1. The minimum atomic E-state index is -0.548. The summed E-state index contributed by atoms with van der Waals surface area (Å²) in [6, 6.07) is 16.3. The van der Waals surface area contributed by atoms with Crippen LogP contribution in [0.3, 0.4) is 0 Å². The molecule has 2 aromatic carbocycles. The van der Waals surface area contributed by atoms with Gasteiger partial charge in [-0.2, -0.15) is 5.26 Å². The molecule has 2 fully saturated rings. The minimum Gasteiger partial charge on any atom is -0.507 e. The number of likely N-dealkylation sites (tertiary alicyclic amines) is 2. The van der Waals surface area contributed by atoms with Crippen LogP contribution in [-0.2, 0) is 7.05 Å². The molecule has 8 rings (SSSR count). The molecule has 12 nitrogen and oxygen atoms in total. The average molecular weight is 761 g/mol. The highest BCUT2D eigenvalue weighted by atomic mass is 32.1. The highest BCUT2D eigenvalue weighted by Crippen LogP contribution is 2.46. The molecule has 0 saturated carbocycles. The monoisotopic (exact) mass is 760 g/mol. The standard InChI is InChI=1S/C41H45FN10O2S/c1-24(2)52-16-6-8-27(22-52)44-40-38-31(14-17-50(38)4)37(45-47-40)30-12-10-25(21-43)18-34(30)54-35-20-32-36(29-13-11-26(42)19-33(29)53)46-48-41(39(32)55-35)51(5)28-9-7-15-49(3)23-28/h10-14,17-20,24,27-28,53H,6-9,15-16,22-23H2,1-5H3,(H,44,47)/t27-,28-/m1/s1. The average Bonchev–Trinajstić information content (AvgIpc) is 3.78. The molecule has 2 N–H and O–H groups in total. The van der Waals surface area contributed by atoms with Crippen molar-refractivity contribution in [1.82, 2.24) is 34.8 Å². The number of phenols is 1. The van der Waals surface area contributed by atoms with Crippen molar-refractivity contribution in [3.05, 3.63) is 66.1 Å². The van der Waals surface area contributed by atoms with E-state index in [1.807, 2.05) is 38.5 Å². The summed E-state index contributed by atoms with van der Waals surface area (Å²) >= 11 is 1.41. The highest BCUT2D eigenvalue weighted by Gasteiger charge is 2.28. The van der Waals surface area contributed by atoms with Gasteiger partial charge < -0.3 is 29.5 Å². The smallest absolute Gasteiger partial charge is 0.182 e. The zero-order valence-electron chi connectivity index (χ0n) is 31.8. The Morgan fingerprint density at radius 2 is 1.75 bits per heavy atom. The fraction of sp³-hybridized carbons (Fsp3) is 0.390. The van der Waals surface area contributed by atoms with E-state index in [9.17, 15) is 14.8 Å². The highest BCUT2D eigenvalue weighted by molar-refractivity contribution is 7.21. The van der Waals surface area contributed by atoms with Crippen LogP contribution in [0.2, 0.25) is 0 Å². The summed E-state index contributed by atoms with van der Waals surface area (Å²) in [5, 5.41) is 45.4. The largest absolute Gasteiger partial charge is 0.507 e. The molecule has 0 radical (unpaired) electrons. The number of nitrogens with one attached hydrogen (secondary N) is 1. The number of aromatic nitrogens is 5. The number of fused-ring (bicyclic) bond motifs is 2. The molecule has 0 bridgehead atoms. The first-order chi connectivity index (χ1) is 26.6. The molecule has 14 heteroatoms. The van der Waals surface area contributed by atoms with Crippen molar-refractivity contribution in [1.29, 1.82) is 5.26 Å². The Hall–Kier alpha value is -5.36. The lowest BCUT2D eigenvalue weighted by molar-refractivity contribution is 0.175. The zero-order chi connectivity index (χ0) is 38.4. The molecule has 2 aliphatic heterocycles. The molecule has 284 valence electrons. The normalized spacial score (nSPS) is 18.2. The van der Waals surface area contributed by atoms with Crippen LogP contribution >= 0.6 is 11.3 Å². The number of benzene rings is 2. The van der Waals surface area contributed by atoms with Gasteiger partial charge in [-0.05, 0) is 96.1 Å². The van der Waals surface area contributed by atoms with Gasteiger partial charge in [0.15, 0.2) is 16.7 Å². The van der Waals surface area contributed by atoms with Crippen molar-refractivity contribution in [2.24, 2.45) is 7.05 Å². The number of nitrogens with zero attached hydrogens (tertiary/aromatic N) is 9. The van der Waals surface area contributed by atoms with Crippen molar-refractivity contribution >= 4 is 44.0 Å². The number of piperidine rings is 2. The molecule has 2 saturated heterocycles. The van der Waals surface area contributed by atoms with Crippen LogP contribution in [0, 0.1) is 17.1 Å². The van der Waals surface area contributed by atoms with E-state index in [4.69, 9.17) is 20.0 Å². The fourth-order valence-corrected chi connectivity index (χ4v) is 9.05. The first-order valence-corrected chi connectivity index (χ1v) is 19.6. The van der Waals surface area contributed by atoms with Gasteiger partial charge in [-0.3, -0.25) is 4.90 Å². The molecule has 0 unspecified atom stereocenters. The first-order valence-electron chi connectivity index (χ1n) is 18.8. The van der Waals surface area contributed by atoms with Crippen molar-refractivity contribution in [3.63, 3.8) is 0 Å². The van der Waals surface area contributed by atoms with Crippen molar-refractivity contribution in [3.8, 4) is 45.1 Å². The van der Waals surface area contributed by atoms with Gasteiger partial charge in [0.1, 0.15) is 28.7 Å². The van der Waals surface area contributed by atoms with Gasteiger partial charge in [-0.25, -0.2) is 4.39 Å². The Morgan fingerprint density at radius 1 is 0.964 bits per heavy atom. The van der Waals surface area contributed by atoms with Crippen LogP contribution in [0.4, 0.5) is 16.0 Å². The van der Waals surface area contributed by atoms with Gasteiger partial charge in [0.05, 0.1) is 21.8 Å². The first kappa shape index (κ1) is 36.6. The summed E-state index contributed by atoms with van der Waals surface area (Å²) in [7, 11) is 6.17. The summed E-state index contributed by atoms with van der Waals surface area (Å²) in [4.78, 5) is 6.98. The third-order valence-corrected chi connectivity index (χ3v) is 12.0. The molecular weight excluding hydrogens is 716 g/mol. The molecule has 0 amide bonds. The predicted molar refractivity (Wildman–Crippen MR) is 215 cm³/mol. The van der Waals surface area contributed by atoms with Gasteiger partial charge >= 0.3 is 0 Å². The summed E-state index contributed by atoms with van der Waals surface area (Å²) in [5.74, 6) is 1.10. The number of hydrogen-bond donors (Lipinski definition) is 2. The van der Waals surface area contributed by atoms with E-state index in [2.05, 4.69) is 56.6 Å². The topological polar surface area (TPSA) is 131 Å². The Balaban J connectivity index is 1.20. The Labute approximate surface area is 323 Å². The lowest BCUT2D eigenvalue weighted by atomic mass is 10.0. The van der Waals surface area contributed by atoms with Crippen LogP contribution < -0.4 is 15.0 Å². The van der Waals surface area contributed by atoms with E-state index in [0.29, 0.717) is 56.1 Å². The maximum Gasteiger partial charge on any atom is 0.182 e. The lowest BCUT2D eigenvalue weighted by Gasteiger charge is -2.36. The number of hydrogen-bond acceptors (Lipinski definition) is 12. The molecule has 6 heterocycles. The maximum absolute atomic E-state index is 14.1. The van der Waals surface area contributed by atoms with Gasteiger partial charge in [0, 0.05) is 85.5 Å². The van der Waals surface area contributed by atoms with E-state index in [1.54, 1.807) is 12.1 Å². The van der Waals surface area contributed by atoms with Gasteiger partial charge in [0.2, 0.25) is 0 Å². The van der Waals surface area contributed by atoms with Gasteiger partial charge in [-0.15, -0.1) is 20.4 Å². The van der Waals surface area contributed by atoms with Crippen LogP contribution in [0.1, 0.15) is 45.1 Å². The van der Waals surface area contributed by atoms with Gasteiger partial charge in [0.25, 0.3) is 0 Å². The second-order valence-corrected chi connectivity index (χ2v) is 16.1. The second-order valence-electron chi connectivity index (χ2n) is 15.1. The molecule has 55 heavy (non-hydrogen) atoms. The SMILES string of the molecule is CC(C)N1CCC[C@@H](Nc2nnc(-c3ccc(C#N)cc3Oc3cc4c(-c5ccc(F)cc5O)nnc(N(C)[C@@H]5CCCN(C)C5)c4s3)c3ccn(C)c23)C1. The number of aromatic hydroxyl groups is 1. The maximum atomic E-state index is 14.1. The van der Waals surface area contributed by atoms with Crippen molar-refractivity contribution < 1.29 is 14.2 Å². The van der Waals surface area contributed by atoms with Gasteiger partial charge in [-0.1, -0.05) is 11.3 Å². The number of ether oxygens (including phenoxy) is 1. The molecule has 2 atom stereocenters. The fourth-order valence-electron chi connectivity index (χ4n) is 8.00. The Bertz CT molecular complexity index is 2420. The Kier molecular flexibility index (Phi) is 10.0. The van der Waals surface area contributed by atoms with Crippen LogP contribution in [0.25, 0.3) is 43.5 Å². The second kappa shape index (κ2) is 15.1. The van der Waals surface area contributed by atoms with Crippen molar-refractivity contribution in [2.75, 3.05) is 50.5 Å². The molecular formula is C41H45FN10O2S. The third kappa shape index (κ3) is 7.15. The van der Waals surface area contributed by atoms with E-state index < -0.39 is 5.82 Å². The number of phenolic OH excluding ortho intramolecular Hbond substituents is 1. The summed E-state index contributed by atoms with van der Waals surface area (Å²) < 4.78 is 23.7. The number of rotatable bonds is 9. The molecule has 2 aliphatic rings. The minimum absolute atomic E-state index is 0.225. The van der Waals surface area contributed by atoms with Crippen molar-refractivity contribution in [2.45, 2.75) is 57.7 Å². The number of likely N-dealkylation sites (N-methyl/N-ethyl adjacent to an activating group) is 2. The number of halogens is 1. The lowest BCUT2D eigenvalue weighted by Crippen LogP contribution is -2.45. The number of aryl methyl sites for hydroxylation is 1. The predicted octanol–water partition coefficient (Wildman–Crippen LogP) is 7.63. The molecule has 0 aliphatic carbocycles. The molecule has 0 spiro atoms. The van der Waals surface area contributed by atoms with E-state index >= 15 is 0 Å². The van der Waals surface area contributed by atoms with E-state index in [-0.39, 0.29) is 17.8 Å². The summed E-state index contributed by atoms with van der Waals surface area (Å²) in [6.07, 6.45) is 6.28. The number of nitriles is 1. The zero-order valence-corrected chi connectivity index (χ0v) is 32.6. The Morgan fingerprint density at radius 3 is 2.53 bits per heavy atom. The summed E-state index contributed by atoms with van der Waals surface area (Å²) in [6.45, 7) is 8.45. The molecule has 4 aromatic heterocycles. The quantitative estimate of drug-likeness (QED) is 0.151. The third-order valence-electron chi connectivity index (χ3n) is 11.0. The van der Waals surface area contributed by atoms with Crippen LogP contribution in [-0.4, -0.2) is 98.3 Å². The van der Waals surface area contributed by atoms with E-state index in [0.717, 1.165) is 79.3 Å². The van der Waals surface area contributed by atoms with E-state index in [1.165, 1.54) is 23.5 Å². The van der Waals surface area contributed by atoms with Crippen LogP contribution in [0.5, 0.6) is 16.6 Å². The molecule has 6 aromatic rings. The van der Waals surface area contributed by atoms with Crippen LogP contribution in [0.15, 0.2) is 54.7 Å². The number of anilines is 2. The summed E-state index contributed by atoms with van der Waals surface area (Å²) in [5.41, 5.74) is 3.47.